The van der Waals surface area contributed by atoms with E-state index in [9.17, 15) is 9.59 Å². The number of ketones is 1. The maximum atomic E-state index is 13.2. The lowest BCUT2D eigenvalue weighted by Gasteiger charge is -2.44. The highest BCUT2D eigenvalue weighted by molar-refractivity contribution is 7.07. The van der Waals surface area contributed by atoms with E-state index in [2.05, 4.69) is 25.6 Å². The van der Waals surface area contributed by atoms with Crippen molar-refractivity contribution < 1.29 is 9.59 Å². The Morgan fingerprint density at radius 2 is 1.94 bits per heavy atom. The molecule has 176 valence electrons. The van der Waals surface area contributed by atoms with Crippen LogP contribution in [0.3, 0.4) is 0 Å². The molecule has 2 aliphatic heterocycles. The van der Waals surface area contributed by atoms with E-state index in [1.165, 1.54) is 17.7 Å². The Morgan fingerprint density at radius 1 is 1.09 bits per heavy atom. The molecule has 9 heteroatoms. The number of amides is 1. The first-order valence-electron chi connectivity index (χ1n) is 11.6. The molecule has 1 amide bonds. The third-order valence-corrected chi connectivity index (χ3v) is 7.42. The van der Waals surface area contributed by atoms with Gasteiger partial charge in [0.2, 0.25) is 5.78 Å². The SMILES string of the molecule is O=C(c1ccc2c(-c3ccccc3)ncnc2c1)N1CC(N[C@@]2(C(=O)c3cscn3)CCNC2)C1. The van der Waals surface area contributed by atoms with Crippen LogP contribution < -0.4 is 10.6 Å². The Kier molecular flexibility index (Phi) is 5.60. The van der Waals surface area contributed by atoms with Crippen LogP contribution in [0.5, 0.6) is 0 Å². The first-order valence-corrected chi connectivity index (χ1v) is 12.6. The number of Topliss-reactive ketones (excluding diaryl/α,β-unsaturated/α-hetero) is 1. The second kappa shape index (κ2) is 8.92. The number of rotatable bonds is 6. The molecule has 2 aromatic carbocycles. The van der Waals surface area contributed by atoms with Crippen LogP contribution in [0.25, 0.3) is 22.2 Å². The molecular weight excluding hydrogens is 460 g/mol. The fourth-order valence-corrected chi connectivity index (χ4v) is 5.50. The first kappa shape index (κ1) is 22.0. The fourth-order valence-electron chi connectivity index (χ4n) is 4.97. The topological polar surface area (TPSA) is 100 Å². The predicted octanol–water partition coefficient (Wildman–Crippen LogP) is 2.78. The molecule has 0 aliphatic carbocycles. The Hall–Kier alpha value is -3.53. The number of hydrogen-bond donors (Lipinski definition) is 2. The molecule has 0 radical (unpaired) electrons. The molecule has 2 fully saturated rings. The molecule has 2 aromatic heterocycles. The van der Waals surface area contributed by atoms with E-state index in [0.29, 0.717) is 37.3 Å². The summed E-state index contributed by atoms with van der Waals surface area (Å²) in [4.78, 5) is 41.2. The number of carbonyl (C=O) groups excluding carboxylic acids is 2. The number of aromatic nitrogens is 3. The fraction of sp³-hybridized carbons (Fsp3) is 0.269. The Bertz CT molecular complexity index is 1380. The number of benzene rings is 2. The van der Waals surface area contributed by atoms with Gasteiger partial charge in [-0.3, -0.25) is 14.9 Å². The van der Waals surface area contributed by atoms with Crippen molar-refractivity contribution in [1.82, 2.24) is 30.5 Å². The number of hydrogen-bond acceptors (Lipinski definition) is 8. The van der Waals surface area contributed by atoms with Gasteiger partial charge in [-0.25, -0.2) is 15.0 Å². The Morgan fingerprint density at radius 3 is 2.69 bits per heavy atom. The second-order valence-corrected chi connectivity index (χ2v) is 9.80. The van der Waals surface area contributed by atoms with Crippen molar-refractivity contribution in [3.63, 3.8) is 0 Å². The molecule has 2 N–H and O–H groups in total. The number of likely N-dealkylation sites (tertiary alicyclic amines) is 1. The van der Waals surface area contributed by atoms with Gasteiger partial charge in [-0.1, -0.05) is 30.3 Å². The van der Waals surface area contributed by atoms with Gasteiger partial charge in [0.05, 0.1) is 22.3 Å². The van der Waals surface area contributed by atoms with Gasteiger partial charge in [0.15, 0.2) is 0 Å². The van der Waals surface area contributed by atoms with Gasteiger partial charge in [0.1, 0.15) is 12.0 Å². The molecule has 2 saturated heterocycles. The zero-order valence-corrected chi connectivity index (χ0v) is 19.8. The highest BCUT2D eigenvalue weighted by atomic mass is 32.1. The van der Waals surface area contributed by atoms with Gasteiger partial charge in [0, 0.05) is 47.6 Å². The van der Waals surface area contributed by atoms with Gasteiger partial charge in [-0.2, -0.15) is 0 Å². The Balaban J connectivity index is 1.16. The van der Waals surface area contributed by atoms with Crippen molar-refractivity contribution in [2.75, 3.05) is 26.2 Å². The maximum Gasteiger partial charge on any atom is 0.254 e. The molecule has 6 rings (SSSR count). The van der Waals surface area contributed by atoms with E-state index in [0.717, 1.165) is 28.7 Å². The van der Waals surface area contributed by atoms with Crippen LogP contribution >= 0.6 is 11.3 Å². The van der Waals surface area contributed by atoms with Gasteiger partial charge in [-0.05, 0) is 31.2 Å². The number of nitrogens with one attached hydrogen (secondary N) is 2. The molecule has 0 spiro atoms. The minimum Gasteiger partial charge on any atom is -0.335 e. The van der Waals surface area contributed by atoms with E-state index in [1.807, 2.05) is 53.4 Å². The molecule has 4 aromatic rings. The molecule has 4 heterocycles. The standard InChI is InChI=1S/C26H24N6O2S/c33-24(22-13-35-16-30-22)26(8-9-27-14-26)31-19-11-32(12-19)25(34)18-6-7-20-21(10-18)28-15-29-23(20)17-4-2-1-3-5-17/h1-7,10,13,15-16,19,27,31H,8-9,11-12,14H2/t26-/m0/s1. The average molecular weight is 485 g/mol. The van der Waals surface area contributed by atoms with Crippen LogP contribution in [-0.2, 0) is 0 Å². The molecule has 8 nitrogen and oxygen atoms in total. The summed E-state index contributed by atoms with van der Waals surface area (Å²) in [5.74, 6) is -0.00814. The summed E-state index contributed by atoms with van der Waals surface area (Å²) in [5, 5.41) is 9.56. The minimum atomic E-state index is -0.665. The largest absolute Gasteiger partial charge is 0.335 e. The van der Waals surface area contributed by atoms with Crippen molar-refractivity contribution in [1.29, 1.82) is 0 Å². The van der Waals surface area contributed by atoms with E-state index in [1.54, 1.807) is 10.9 Å². The first-order chi connectivity index (χ1) is 17.1. The van der Waals surface area contributed by atoms with Gasteiger partial charge < -0.3 is 10.2 Å². The molecule has 1 atom stereocenters. The van der Waals surface area contributed by atoms with Crippen molar-refractivity contribution in [2.45, 2.75) is 18.0 Å². The van der Waals surface area contributed by atoms with Crippen LogP contribution in [0.2, 0.25) is 0 Å². The van der Waals surface area contributed by atoms with E-state index in [4.69, 9.17) is 0 Å². The molecule has 0 unspecified atom stereocenters. The van der Waals surface area contributed by atoms with Crippen molar-refractivity contribution in [3.05, 3.63) is 77.0 Å². The lowest BCUT2D eigenvalue weighted by atomic mass is 9.89. The minimum absolute atomic E-state index is 0.0250. The van der Waals surface area contributed by atoms with Crippen LogP contribution in [-0.4, -0.2) is 69.3 Å². The summed E-state index contributed by atoms with van der Waals surface area (Å²) in [6.07, 6.45) is 2.25. The number of carbonyl (C=O) groups is 2. The van der Waals surface area contributed by atoms with Crippen LogP contribution in [0, 0.1) is 0 Å². The average Bonchev–Trinajstić information content (AvgIpc) is 3.58. The molecule has 35 heavy (non-hydrogen) atoms. The van der Waals surface area contributed by atoms with Gasteiger partial charge in [-0.15, -0.1) is 11.3 Å². The third-order valence-electron chi connectivity index (χ3n) is 6.83. The second-order valence-electron chi connectivity index (χ2n) is 9.08. The quantitative estimate of drug-likeness (QED) is 0.406. The van der Waals surface area contributed by atoms with Crippen LogP contribution in [0.4, 0.5) is 0 Å². The van der Waals surface area contributed by atoms with E-state index in [-0.39, 0.29) is 17.7 Å². The lowest BCUT2D eigenvalue weighted by molar-refractivity contribution is 0.0506. The van der Waals surface area contributed by atoms with E-state index < -0.39 is 5.54 Å². The highest BCUT2D eigenvalue weighted by Gasteiger charge is 2.46. The molecule has 2 aliphatic rings. The van der Waals surface area contributed by atoms with Crippen molar-refractivity contribution >= 4 is 33.9 Å². The molecule has 0 saturated carbocycles. The van der Waals surface area contributed by atoms with Crippen LogP contribution in [0.15, 0.2) is 65.7 Å². The summed E-state index contributed by atoms with van der Waals surface area (Å²) in [6.45, 7) is 2.47. The van der Waals surface area contributed by atoms with Gasteiger partial charge >= 0.3 is 0 Å². The number of fused-ring (bicyclic) bond motifs is 1. The monoisotopic (exact) mass is 484 g/mol. The lowest BCUT2D eigenvalue weighted by Crippen LogP contribution is -2.67. The number of thiazole rings is 1. The van der Waals surface area contributed by atoms with Crippen LogP contribution in [0.1, 0.15) is 27.3 Å². The normalized spacial score (nSPS) is 20.2. The van der Waals surface area contributed by atoms with E-state index >= 15 is 0 Å². The zero-order valence-electron chi connectivity index (χ0n) is 19.0. The highest BCUT2D eigenvalue weighted by Crippen LogP contribution is 2.28. The summed E-state index contributed by atoms with van der Waals surface area (Å²) < 4.78 is 0. The molecular formula is C26H24N6O2S. The smallest absolute Gasteiger partial charge is 0.254 e. The summed E-state index contributed by atoms with van der Waals surface area (Å²) in [5.41, 5.74) is 4.73. The number of nitrogens with zero attached hydrogens (tertiary/aromatic N) is 4. The van der Waals surface area contributed by atoms with Crippen molar-refractivity contribution in [2.24, 2.45) is 0 Å². The zero-order chi connectivity index (χ0) is 23.8. The van der Waals surface area contributed by atoms with Crippen molar-refractivity contribution in [3.8, 4) is 11.3 Å². The maximum absolute atomic E-state index is 13.2. The summed E-state index contributed by atoms with van der Waals surface area (Å²) in [7, 11) is 0. The third kappa shape index (κ3) is 4.01. The van der Waals surface area contributed by atoms with Gasteiger partial charge in [0.25, 0.3) is 5.91 Å². The summed E-state index contributed by atoms with van der Waals surface area (Å²) >= 11 is 1.42. The summed E-state index contributed by atoms with van der Waals surface area (Å²) in [6, 6.07) is 15.6. The molecule has 0 bridgehead atoms. The predicted molar refractivity (Wildman–Crippen MR) is 134 cm³/mol. The Labute approximate surface area is 206 Å².